The second kappa shape index (κ2) is 3.85. The Hall–Kier alpha value is -2.44. The van der Waals surface area contributed by atoms with Gasteiger partial charge < -0.3 is 5.11 Å². The molecule has 0 amide bonds. The first-order valence-corrected chi connectivity index (χ1v) is 4.82. The van der Waals surface area contributed by atoms with Crippen molar-refractivity contribution >= 4 is 5.97 Å². The molecule has 0 aliphatic heterocycles. The van der Waals surface area contributed by atoms with Crippen LogP contribution < -0.4 is 5.43 Å². The molecular weight excluding hydrogens is 224 g/mol. The molecule has 0 bridgehead atoms. The van der Waals surface area contributed by atoms with Crippen LogP contribution >= 0.6 is 0 Å². The Bertz CT molecular complexity index is 641. The fraction of sp³-hybridized carbons (Fsp3) is 0.200. The SMILES string of the molecule is Cc1cn(-c2cnn(C)c2)nc(C(=O)O)c1=O. The maximum Gasteiger partial charge on any atom is 0.360 e. The average Bonchev–Trinajstić information content (AvgIpc) is 2.68. The number of hydrogen-bond donors (Lipinski definition) is 1. The van der Waals surface area contributed by atoms with Crippen LogP contribution in [0.2, 0.25) is 0 Å². The van der Waals surface area contributed by atoms with Crippen molar-refractivity contribution in [2.75, 3.05) is 0 Å². The number of nitrogens with zero attached hydrogens (tertiary/aromatic N) is 4. The highest BCUT2D eigenvalue weighted by molar-refractivity contribution is 5.85. The van der Waals surface area contributed by atoms with Crippen LogP contribution in [0, 0.1) is 6.92 Å². The van der Waals surface area contributed by atoms with Crippen LogP contribution in [0.1, 0.15) is 16.1 Å². The van der Waals surface area contributed by atoms with E-state index in [2.05, 4.69) is 10.2 Å². The molecule has 17 heavy (non-hydrogen) atoms. The Morgan fingerprint density at radius 1 is 1.41 bits per heavy atom. The lowest BCUT2D eigenvalue weighted by Crippen LogP contribution is -2.23. The van der Waals surface area contributed by atoms with Crippen molar-refractivity contribution in [2.45, 2.75) is 6.92 Å². The Morgan fingerprint density at radius 2 is 2.12 bits per heavy atom. The van der Waals surface area contributed by atoms with Gasteiger partial charge >= 0.3 is 5.97 Å². The zero-order chi connectivity index (χ0) is 12.6. The van der Waals surface area contributed by atoms with Crippen molar-refractivity contribution in [3.8, 4) is 5.69 Å². The van der Waals surface area contributed by atoms with E-state index in [1.165, 1.54) is 17.1 Å². The summed E-state index contributed by atoms with van der Waals surface area (Å²) in [6.45, 7) is 1.54. The van der Waals surface area contributed by atoms with E-state index in [1.807, 2.05) is 0 Å². The molecule has 0 spiro atoms. The van der Waals surface area contributed by atoms with Gasteiger partial charge in [-0.25, -0.2) is 9.48 Å². The molecule has 2 aromatic heterocycles. The summed E-state index contributed by atoms with van der Waals surface area (Å²) in [6.07, 6.45) is 4.68. The van der Waals surface area contributed by atoms with Gasteiger partial charge in [-0.15, -0.1) is 0 Å². The van der Waals surface area contributed by atoms with Crippen molar-refractivity contribution in [2.24, 2.45) is 7.05 Å². The summed E-state index contributed by atoms with van der Waals surface area (Å²) in [6, 6.07) is 0. The monoisotopic (exact) mass is 234 g/mol. The first-order chi connectivity index (χ1) is 7.99. The number of aromatic carboxylic acids is 1. The second-order valence-electron chi connectivity index (χ2n) is 3.61. The van der Waals surface area contributed by atoms with Crippen LogP contribution in [-0.2, 0) is 7.05 Å². The van der Waals surface area contributed by atoms with Gasteiger partial charge in [0, 0.05) is 18.8 Å². The van der Waals surface area contributed by atoms with Crippen LogP contribution in [0.4, 0.5) is 0 Å². The molecule has 0 aromatic carbocycles. The molecule has 0 atom stereocenters. The molecule has 88 valence electrons. The lowest BCUT2D eigenvalue weighted by molar-refractivity contribution is 0.0686. The van der Waals surface area contributed by atoms with Gasteiger partial charge in [-0.3, -0.25) is 9.48 Å². The molecule has 7 nitrogen and oxygen atoms in total. The number of aryl methyl sites for hydroxylation is 2. The summed E-state index contributed by atoms with van der Waals surface area (Å²) in [5, 5.41) is 16.6. The van der Waals surface area contributed by atoms with Gasteiger partial charge in [-0.05, 0) is 6.92 Å². The van der Waals surface area contributed by atoms with E-state index < -0.39 is 17.1 Å². The summed E-state index contributed by atoms with van der Waals surface area (Å²) in [5.41, 5.74) is -0.147. The minimum atomic E-state index is -1.34. The van der Waals surface area contributed by atoms with E-state index in [4.69, 9.17) is 5.11 Å². The maximum absolute atomic E-state index is 11.5. The molecule has 1 N–H and O–H groups in total. The van der Waals surface area contributed by atoms with Gasteiger partial charge in [0.25, 0.3) is 0 Å². The highest BCUT2D eigenvalue weighted by atomic mass is 16.4. The Labute approximate surface area is 95.9 Å². The van der Waals surface area contributed by atoms with Gasteiger partial charge in [-0.2, -0.15) is 10.2 Å². The molecule has 0 aliphatic rings. The summed E-state index contributed by atoms with van der Waals surface area (Å²) in [7, 11) is 1.73. The van der Waals surface area contributed by atoms with Gasteiger partial charge in [0.05, 0.1) is 12.4 Å². The fourth-order valence-electron chi connectivity index (χ4n) is 1.41. The van der Waals surface area contributed by atoms with Gasteiger partial charge in [0.1, 0.15) is 5.69 Å². The second-order valence-corrected chi connectivity index (χ2v) is 3.61. The van der Waals surface area contributed by atoms with Crippen molar-refractivity contribution in [3.63, 3.8) is 0 Å². The largest absolute Gasteiger partial charge is 0.476 e. The van der Waals surface area contributed by atoms with Crippen LogP contribution in [0.15, 0.2) is 23.4 Å². The Morgan fingerprint density at radius 3 is 2.65 bits per heavy atom. The molecular formula is C10H10N4O3. The summed E-state index contributed by atoms with van der Waals surface area (Å²) >= 11 is 0. The minimum absolute atomic E-state index is 0.321. The van der Waals surface area contributed by atoms with E-state index >= 15 is 0 Å². The van der Waals surface area contributed by atoms with Crippen molar-refractivity contribution in [3.05, 3.63) is 40.1 Å². The standard InChI is InChI=1S/C10H10N4O3/c1-6-4-14(7-3-11-13(2)5-7)12-8(9(6)15)10(16)17/h3-5H,1-2H3,(H,16,17). The van der Waals surface area contributed by atoms with Gasteiger partial charge in [-0.1, -0.05) is 0 Å². The average molecular weight is 234 g/mol. The first-order valence-electron chi connectivity index (χ1n) is 4.82. The fourth-order valence-corrected chi connectivity index (χ4v) is 1.41. The molecule has 7 heteroatoms. The zero-order valence-corrected chi connectivity index (χ0v) is 9.28. The Kier molecular flexibility index (Phi) is 2.51. The summed E-state index contributed by atoms with van der Waals surface area (Å²) in [5.74, 6) is -1.34. The molecule has 2 rings (SSSR count). The molecule has 0 fully saturated rings. The molecule has 2 heterocycles. The minimum Gasteiger partial charge on any atom is -0.476 e. The predicted molar refractivity (Wildman–Crippen MR) is 58.3 cm³/mol. The zero-order valence-electron chi connectivity index (χ0n) is 9.28. The predicted octanol–water partition coefficient (Wildman–Crippen LogP) is -0.0274. The molecule has 0 saturated heterocycles. The lowest BCUT2D eigenvalue weighted by Gasteiger charge is -2.04. The third-order valence-electron chi connectivity index (χ3n) is 2.26. The van der Waals surface area contributed by atoms with E-state index in [-0.39, 0.29) is 0 Å². The van der Waals surface area contributed by atoms with Crippen LogP contribution in [0.5, 0.6) is 0 Å². The molecule has 0 aliphatic carbocycles. The molecule has 0 radical (unpaired) electrons. The maximum atomic E-state index is 11.5. The third kappa shape index (κ3) is 1.94. The number of rotatable bonds is 2. The highest BCUT2D eigenvalue weighted by Crippen LogP contribution is 2.04. The van der Waals surface area contributed by atoms with Crippen LogP contribution in [0.3, 0.4) is 0 Å². The van der Waals surface area contributed by atoms with E-state index in [9.17, 15) is 9.59 Å². The van der Waals surface area contributed by atoms with Crippen LogP contribution in [-0.4, -0.2) is 30.6 Å². The summed E-state index contributed by atoms with van der Waals surface area (Å²) < 4.78 is 2.89. The van der Waals surface area contributed by atoms with Gasteiger partial charge in [0.2, 0.25) is 11.1 Å². The Balaban J connectivity index is 2.65. The smallest absolute Gasteiger partial charge is 0.360 e. The topological polar surface area (TPSA) is 90.0 Å². The number of carboxylic acids is 1. The summed E-state index contributed by atoms with van der Waals surface area (Å²) in [4.78, 5) is 22.4. The number of carboxylic acid groups (broad SMARTS) is 1. The van der Waals surface area contributed by atoms with Crippen molar-refractivity contribution in [1.29, 1.82) is 0 Å². The molecule has 0 unspecified atom stereocenters. The highest BCUT2D eigenvalue weighted by Gasteiger charge is 2.14. The number of aromatic nitrogens is 4. The molecule has 0 saturated carbocycles. The number of carbonyl (C=O) groups is 1. The van der Waals surface area contributed by atoms with E-state index in [1.54, 1.807) is 24.9 Å². The van der Waals surface area contributed by atoms with Crippen LogP contribution in [0.25, 0.3) is 5.69 Å². The van der Waals surface area contributed by atoms with Gasteiger partial charge in [0.15, 0.2) is 0 Å². The van der Waals surface area contributed by atoms with Crippen molar-refractivity contribution in [1.82, 2.24) is 19.6 Å². The third-order valence-corrected chi connectivity index (χ3v) is 2.26. The first kappa shape index (κ1) is 11.1. The lowest BCUT2D eigenvalue weighted by atomic mass is 10.2. The normalized spacial score (nSPS) is 10.5. The quantitative estimate of drug-likeness (QED) is 0.788. The molecule has 2 aromatic rings. The van der Waals surface area contributed by atoms with Crippen molar-refractivity contribution < 1.29 is 9.90 Å². The van der Waals surface area contributed by atoms with E-state index in [0.717, 1.165) is 0 Å². The van der Waals surface area contributed by atoms with E-state index in [0.29, 0.717) is 11.3 Å². The number of hydrogen-bond acceptors (Lipinski definition) is 4.